The molecule has 0 fully saturated rings. The Kier molecular flexibility index (Phi) is 6.42. The summed E-state index contributed by atoms with van der Waals surface area (Å²) in [6, 6.07) is 62.3. The number of hydrogen-bond acceptors (Lipinski definition) is 4. The van der Waals surface area contributed by atoms with Gasteiger partial charge in [-0.3, -0.25) is 0 Å². The molecule has 0 bridgehead atoms. The van der Waals surface area contributed by atoms with Crippen LogP contribution in [0.4, 0.5) is 17.1 Å². The highest BCUT2D eigenvalue weighted by Gasteiger charge is 2.23. The average Bonchev–Trinajstić information content (AvgIpc) is 3.91. The van der Waals surface area contributed by atoms with E-state index in [0.717, 1.165) is 83.2 Å². The summed E-state index contributed by atoms with van der Waals surface area (Å²) in [4.78, 5) is 2.37. The van der Waals surface area contributed by atoms with Crippen molar-refractivity contribution in [3.63, 3.8) is 0 Å². The van der Waals surface area contributed by atoms with Crippen LogP contribution in [0, 0.1) is 0 Å². The van der Waals surface area contributed by atoms with Crippen LogP contribution in [0.25, 0.3) is 86.3 Å². The number of benzene rings is 8. The molecule has 0 aliphatic heterocycles. The van der Waals surface area contributed by atoms with Gasteiger partial charge in [0.25, 0.3) is 0 Å². The predicted molar refractivity (Wildman–Crippen MR) is 219 cm³/mol. The van der Waals surface area contributed by atoms with E-state index in [4.69, 9.17) is 8.83 Å². The van der Waals surface area contributed by atoms with Crippen molar-refractivity contribution in [2.75, 3.05) is 4.90 Å². The van der Waals surface area contributed by atoms with Crippen molar-refractivity contribution in [3.05, 3.63) is 176 Å². The van der Waals surface area contributed by atoms with Crippen LogP contribution in [0.1, 0.15) is 0 Å². The molecule has 0 spiro atoms. The fraction of sp³-hybridized carbons (Fsp3) is 0. The standard InChI is InChI=1S/C48H29NO2S/c1-2-12-30(13-3-1)33-16-9-19-38-39-20-10-22-41(47(39)51-46(33)38)49(42-23-11-21-40-36-15-5-7-25-44(36)52-48(40)42)32-28-26-31(27-29-32)34-17-8-18-37-35-14-4-6-24-43(35)50-45(34)37/h1-29H. The van der Waals surface area contributed by atoms with Crippen LogP contribution in [-0.4, -0.2) is 0 Å². The zero-order valence-electron chi connectivity index (χ0n) is 27.9. The SMILES string of the molecule is c1ccc(-c2cccc3c2oc2c(N(c4ccc(-c5cccc6c5oc5ccccc56)cc4)c4cccc5c4sc4ccccc45)cccc23)cc1. The summed E-state index contributed by atoms with van der Waals surface area (Å²) < 4.78 is 15.9. The molecule has 0 N–H and O–H groups in total. The zero-order chi connectivity index (χ0) is 34.2. The molecule has 8 aromatic carbocycles. The number of para-hydroxylation sites is 4. The lowest BCUT2D eigenvalue weighted by Crippen LogP contribution is -2.10. The third-order valence-corrected chi connectivity index (χ3v) is 11.5. The van der Waals surface area contributed by atoms with E-state index < -0.39 is 0 Å². The first-order valence-corrected chi connectivity index (χ1v) is 18.3. The second-order valence-corrected chi connectivity index (χ2v) is 14.3. The van der Waals surface area contributed by atoms with Crippen LogP contribution in [0.5, 0.6) is 0 Å². The molecule has 0 aliphatic carbocycles. The average molecular weight is 684 g/mol. The Morgan fingerprint density at radius 3 is 1.71 bits per heavy atom. The highest BCUT2D eigenvalue weighted by Crippen LogP contribution is 2.48. The smallest absolute Gasteiger partial charge is 0.159 e. The van der Waals surface area contributed by atoms with E-state index in [2.05, 4.69) is 169 Å². The van der Waals surface area contributed by atoms with Crippen LogP contribution < -0.4 is 4.90 Å². The summed E-state index contributed by atoms with van der Waals surface area (Å²) in [7, 11) is 0. The highest BCUT2D eigenvalue weighted by molar-refractivity contribution is 7.26. The van der Waals surface area contributed by atoms with Gasteiger partial charge in [0, 0.05) is 53.8 Å². The molecule has 0 radical (unpaired) electrons. The summed E-state index contributed by atoms with van der Waals surface area (Å²) >= 11 is 1.83. The number of furan rings is 2. The van der Waals surface area contributed by atoms with Gasteiger partial charge in [0.15, 0.2) is 5.58 Å². The van der Waals surface area contributed by atoms with E-state index in [-0.39, 0.29) is 0 Å². The molecule has 0 amide bonds. The first kappa shape index (κ1) is 29.1. The summed E-state index contributed by atoms with van der Waals surface area (Å²) in [6.07, 6.45) is 0. The third kappa shape index (κ3) is 4.38. The van der Waals surface area contributed by atoms with Gasteiger partial charge in [0.05, 0.1) is 16.1 Å². The Bertz CT molecular complexity index is 3130. The molecule has 0 saturated heterocycles. The molecule has 11 aromatic rings. The van der Waals surface area contributed by atoms with Gasteiger partial charge in [0.1, 0.15) is 16.7 Å². The van der Waals surface area contributed by atoms with Gasteiger partial charge < -0.3 is 13.7 Å². The van der Waals surface area contributed by atoms with E-state index >= 15 is 0 Å². The van der Waals surface area contributed by atoms with Crippen LogP contribution in [0.2, 0.25) is 0 Å². The number of fused-ring (bicyclic) bond motifs is 9. The van der Waals surface area contributed by atoms with Crippen LogP contribution >= 0.6 is 11.3 Å². The Hall–Kier alpha value is -6.62. The van der Waals surface area contributed by atoms with Gasteiger partial charge in [-0.1, -0.05) is 140 Å². The molecule has 0 unspecified atom stereocenters. The topological polar surface area (TPSA) is 29.5 Å². The minimum atomic E-state index is 0.857. The summed E-state index contributed by atoms with van der Waals surface area (Å²) in [5.74, 6) is 0. The van der Waals surface area contributed by atoms with E-state index in [1.54, 1.807) is 0 Å². The number of rotatable bonds is 5. The molecule has 244 valence electrons. The number of anilines is 3. The summed E-state index contributed by atoms with van der Waals surface area (Å²) in [6.45, 7) is 0. The van der Waals surface area contributed by atoms with Crippen molar-refractivity contribution in [1.82, 2.24) is 0 Å². The summed E-state index contributed by atoms with van der Waals surface area (Å²) in [5.41, 5.74) is 11.1. The molecule has 3 aromatic heterocycles. The Balaban J connectivity index is 1.14. The Morgan fingerprint density at radius 2 is 0.923 bits per heavy atom. The molecule has 0 saturated carbocycles. The lowest BCUT2D eigenvalue weighted by molar-refractivity contribution is 0.670. The first-order chi connectivity index (χ1) is 25.8. The summed E-state index contributed by atoms with van der Waals surface area (Å²) in [5, 5.41) is 6.97. The van der Waals surface area contributed by atoms with Gasteiger partial charge in [-0.25, -0.2) is 0 Å². The molecule has 4 heteroatoms. The van der Waals surface area contributed by atoms with Crippen LogP contribution in [-0.2, 0) is 0 Å². The first-order valence-electron chi connectivity index (χ1n) is 17.5. The van der Waals surface area contributed by atoms with Gasteiger partial charge in [0.2, 0.25) is 0 Å². The van der Waals surface area contributed by atoms with Crippen molar-refractivity contribution in [2.45, 2.75) is 0 Å². The maximum Gasteiger partial charge on any atom is 0.159 e. The molecule has 11 rings (SSSR count). The molecule has 0 aliphatic rings. The van der Waals surface area contributed by atoms with Gasteiger partial charge in [-0.2, -0.15) is 0 Å². The van der Waals surface area contributed by atoms with E-state index in [1.165, 1.54) is 20.2 Å². The number of hydrogen-bond donors (Lipinski definition) is 0. The van der Waals surface area contributed by atoms with Crippen molar-refractivity contribution in [1.29, 1.82) is 0 Å². The maximum absolute atomic E-state index is 6.98. The van der Waals surface area contributed by atoms with Crippen molar-refractivity contribution in [3.8, 4) is 22.3 Å². The zero-order valence-corrected chi connectivity index (χ0v) is 28.7. The Morgan fingerprint density at radius 1 is 0.365 bits per heavy atom. The minimum Gasteiger partial charge on any atom is -0.455 e. The van der Waals surface area contributed by atoms with E-state index in [9.17, 15) is 0 Å². The largest absolute Gasteiger partial charge is 0.455 e. The highest BCUT2D eigenvalue weighted by atomic mass is 32.1. The fourth-order valence-electron chi connectivity index (χ4n) is 7.91. The lowest BCUT2D eigenvalue weighted by atomic mass is 10.0. The minimum absolute atomic E-state index is 0.857. The molecule has 3 heterocycles. The van der Waals surface area contributed by atoms with Gasteiger partial charge >= 0.3 is 0 Å². The third-order valence-electron chi connectivity index (χ3n) is 10.3. The Labute approximate surface area is 303 Å². The molecule has 52 heavy (non-hydrogen) atoms. The van der Waals surface area contributed by atoms with Crippen molar-refractivity contribution >= 4 is 92.4 Å². The molecule has 3 nitrogen and oxygen atoms in total. The molecular weight excluding hydrogens is 655 g/mol. The molecular formula is C48H29NO2S. The second kappa shape index (κ2) is 11.5. The van der Waals surface area contributed by atoms with Crippen LogP contribution in [0.3, 0.4) is 0 Å². The lowest BCUT2D eigenvalue weighted by Gasteiger charge is -2.26. The maximum atomic E-state index is 6.98. The van der Waals surface area contributed by atoms with Crippen molar-refractivity contribution < 1.29 is 8.83 Å². The van der Waals surface area contributed by atoms with Gasteiger partial charge in [-0.15, -0.1) is 11.3 Å². The predicted octanol–water partition coefficient (Wildman–Crippen LogP) is 14.7. The quantitative estimate of drug-likeness (QED) is 0.181. The number of thiophene rings is 1. The van der Waals surface area contributed by atoms with E-state index in [0.29, 0.717) is 0 Å². The monoisotopic (exact) mass is 683 g/mol. The second-order valence-electron chi connectivity index (χ2n) is 13.2. The molecule has 0 atom stereocenters. The normalized spacial score (nSPS) is 11.8. The van der Waals surface area contributed by atoms with E-state index in [1.807, 2.05) is 23.5 Å². The number of nitrogens with zero attached hydrogens (tertiary/aromatic N) is 1. The van der Waals surface area contributed by atoms with Gasteiger partial charge in [-0.05, 0) is 47.5 Å². The van der Waals surface area contributed by atoms with Crippen molar-refractivity contribution in [2.24, 2.45) is 0 Å². The fourth-order valence-corrected chi connectivity index (χ4v) is 9.11. The van der Waals surface area contributed by atoms with Crippen LogP contribution in [0.15, 0.2) is 185 Å².